The van der Waals surface area contributed by atoms with E-state index in [2.05, 4.69) is 16.7 Å². The summed E-state index contributed by atoms with van der Waals surface area (Å²) in [6.07, 6.45) is 3.06. The zero-order chi connectivity index (χ0) is 19.1. The Morgan fingerprint density at radius 1 is 1.30 bits per heavy atom. The second-order valence-electron chi connectivity index (χ2n) is 6.00. The summed E-state index contributed by atoms with van der Waals surface area (Å²) in [6, 6.07) is 10.3. The third-order valence-electron chi connectivity index (χ3n) is 4.01. The maximum absolute atomic E-state index is 13.9. The molecule has 0 N–H and O–H groups in total. The minimum Gasteiger partial charge on any atom is -0.339 e. The molecule has 140 valence electrons. The lowest BCUT2D eigenvalue weighted by atomic mass is 10.1. The average molecular weight is 385 g/mol. The van der Waals surface area contributed by atoms with E-state index in [0.717, 1.165) is 4.88 Å². The standard InChI is InChI=1S/C20H20FN3O2S/c1-2-12-24(14-15-7-3-4-8-16(15)21)19(25)11-5-10-18-22-20(23-26-18)17-9-6-13-27-17/h2-4,6-9,13H,1,5,10-12,14H2. The molecule has 3 aromatic rings. The Hall–Kier alpha value is -2.80. The summed E-state index contributed by atoms with van der Waals surface area (Å²) in [7, 11) is 0. The molecule has 0 fully saturated rings. The van der Waals surface area contributed by atoms with Gasteiger partial charge in [0.15, 0.2) is 0 Å². The molecule has 3 rings (SSSR count). The van der Waals surface area contributed by atoms with Gasteiger partial charge < -0.3 is 9.42 Å². The van der Waals surface area contributed by atoms with Gasteiger partial charge in [-0.2, -0.15) is 4.98 Å². The molecule has 7 heteroatoms. The molecule has 0 bridgehead atoms. The molecule has 27 heavy (non-hydrogen) atoms. The highest BCUT2D eigenvalue weighted by Crippen LogP contribution is 2.21. The summed E-state index contributed by atoms with van der Waals surface area (Å²) in [4.78, 5) is 19.4. The van der Waals surface area contributed by atoms with Gasteiger partial charge >= 0.3 is 0 Å². The summed E-state index contributed by atoms with van der Waals surface area (Å²) >= 11 is 1.54. The van der Waals surface area contributed by atoms with E-state index < -0.39 is 0 Å². The van der Waals surface area contributed by atoms with Gasteiger partial charge in [0.2, 0.25) is 17.6 Å². The molecule has 1 amide bonds. The first-order chi connectivity index (χ1) is 13.2. The minimum absolute atomic E-state index is 0.0591. The van der Waals surface area contributed by atoms with Crippen LogP contribution in [0.2, 0.25) is 0 Å². The van der Waals surface area contributed by atoms with Gasteiger partial charge in [0.25, 0.3) is 0 Å². The van der Waals surface area contributed by atoms with Crippen LogP contribution in [0.5, 0.6) is 0 Å². The monoisotopic (exact) mass is 385 g/mol. The van der Waals surface area contributed by atoms with Crippen LogP contribution in [0.4, 0.5) is 4.39 Å². The van der Waals surface area contributed by atoms with Gasteiger partial charge in [0.1, 0.15) is 5.82 Å². The molecule has 0 unspecified atom stereocenters. The van der Waals surface area contributed by atoms with Crippen molar-refractivity contribution in [3.63, 3.8) is 0 Å². The average Bonchev–Trinajstić information content (AvgIpc) is 3.34. The normalized spacial score (nSPS) is 10.7. The van der Waals surface area contributed by atoms with E-state index >= 15 is 0 Å². The predicted molar refractivity (Wildman–Crippen MR) is 103 cm³/mol. The summed E-state index contributed by atoms with van der Waals surface area (Å²) in [5.74, 6) is 0.706. The molecule has 0 saturated carbocycles. The highest BCUT2D eigenvalue weighted by atomic mass is 32.1. The van der Waals surface area contributed by atoms with Gasteiger partial charge in [-0.15, -0.1) is 17.9 Å². The quantitative estimate of drug-likeness (QED) is 0.510. The molecule has 2 heterocycles. The van der Waals surface area contributed by atoms with Crippen LogP contribution < -0.4 is 0 Å². The lowest BCUT2D eigenvalue weighted by molar-refractivity contribution is -0.131. The van der Waals surface area contributed by atoms with Crippen LogP contribution >= 0.6 is 11.3 Å². The molecule has 0 radical (unpaired) electrons. The first-order valence-electron chi connectivity index (χ1n) is 8.66. The van der Waals surface area contributed by atoms with E-state index in [1.807, 2.05) is 17.5 Å². The molecular formula is C20H20FN3O2S. The van der Waals surface area contributed by atoms with Crippen molar-refractivity contribution < 1.29 is 13.7 Å². The fraction of sp³-hybridized carbons (Fsp3) is 0.250. The minimum atomic E-state index is -0.314. The molecule has 0 spiro atoms. The Morgan fingerprint density at radius 2 is 2.15 bits per heavy atom. The molecule has 5 nitrogen and oxygen atoms in total. The smallest absolute Gasteiger partial charge is 0.226 e. The van der Waals surface area contributed by atoms with E-state index in [0.29, 0.717) is 43.1 Å². The summed E-state index contributed by atoms with van der Waals surface area (Å²) in [5, 5.41) is 5.91. The second-order valence-corrected chi connectivity index (χ2v) is 6.94. The number of carbonyl (C=O) groups excluding carboxylic acids is 1. The first-order valence-corrected chi connectivity index (χ1v) is 9.54. The Bertz CT molecular complexity index is 892. The number of rotatable bonds is 9. The predicted octanol–water partition coefficient (Wildman–Crippen LogP) is 4.47. The van der Waals surface area contributed by atoms with Crippen LogP contribution in [-0.2, 0) is 17.8 Å². The number of hydrogen-bond donors (Lipinski definition) is 0. The number of nitrogens with zero attached hydrogens (tertiary/aromatic N) is 3. The van der Waals surface area contributed by atoms with Gasteiger partial charge in [-0.1, -0.05) is 35.5 Å². The van der Waals surface area contributed by atoms with Crippen LogP contribution in [-0.4, -0.2) is 27.5 Å². The van der Waals surface area contributed by atoms with E-state index in [4.69, 9.17) is 4.52 Å². The summed E-state index contributed by atoms with van der Waals surface area (Å²) < 4.78 is 19.1. The largest absolute Gasteiger partial charge is 0.339 e. The van der Waals surface area contributed by atoms with Crippen LogP contribution in [0.15, 0.2) is 59.0 Å². The molecule has 2 aromatic heterocycles. The molecule has 0 aliphatic rings. The van der Waals surface area contributed by atoms with Crippen molar-refractivity contribution in [2.45, 2.75) is 25.8 Å². The van der Waals surface area contributed by atoms with Gasteiger partial charge in [-0.25, -0.2) is 4.39 Å². The third-order valence-corrected chi connectivity index (χ3v) is 4.88. The molecule has 0 aliphatic carbocycles. The summed E-state index contributed by atoms with van der Waals surface area (Å²) in [5.41, 5.74) is 0.491. The SMILES string of the molecule is C=CCN(Cc1ccccc1F)C(=O)CCCc1nc(-c2cccs2)no1. The second kappa shape index (κ2) is 9.23. The number of benzene rings is 1. The van der Waals surface area contributed by atoms with Crippen LogP contribution in [0.3, 0.4) is 0 Å². The number of carbonyl (C=O) groups is 1. The van der Waals surface area contributed by atoms with Crippen LogP contribution in [0, 0.1) is 5.82 Å². The number of hydrogen-bond acceptors (Lipinski definition) is 5. The highest BCUT2D eigenvalue weighted by Gasteiger charge is 2.15. The van der Waals surface area contributed by atoms with Gasteiger partial charge in [0, 0.05) is 31.5 Å². The van der Waals surface area contributed by atoms with E-state index in [-0.39, 0.29) is 18.3 Å². The van der Waals surface area contributed by atoms with Crippen molar-refractivity contribution in [1.29, 1.82) is 0 Å². The van der Waals surface area contributed by atoms with E-state index in [1.165, 1.54) is 6.07 Å². The van der Waals surface area contributed by atoms with Crippen molar-refractivity contribution in [2.75, 3.05) is 6.54 Å². The van der Waals surface area contributed by atoms with Crippen molar-refractivity contribution in [3.05, 3.63) is 71.7 Å². The lowest BCUT2D eigenvalue weighted by Crippen LogP contribution is -2.30. The Balaban J connectivity index is 1.53. The fourth-order valence-electron chi connectivity index (χ4n) is 2.65. The van der Waals surface area contributed by atoms with Gasteiger partial charge in [-0.05, 0) is 23.9 Å². The zero-order valence-corrected chi connectivity index (χ0v) is 15.6. The van der Waals surface area contributed by atoms with Crippen molar-refractivity contribution >= 4 is 17.2 Å². The molecular weight excluding hydrogens is 365 g/mol. The number of aryl methyl sites for hydroxylation is 1. The number of aromatic nitrogens is 2. The third kappa shape index (κ3) is 5.10. The van der Waals surface area contributed by atoms with E-state index in [9.17, 15) is 9.18 Å². The Labute approximate surface area is 161 Å². The number of thiophene rings is 1. The topological polar surface area (TPSA) is 59.2 Å². The van der Waals surface area contributed by atoms with Gasteiger partial charge in [0.05, 0.1) is 4.88 Å². The van der Waals surface area contributed by atoms with Crippen molar-refractivity contribution in [1.82, 2.24) is 15.0 Å². The summed E-state index contributed by atoms with van der Waals surface area (Å²) in [6.45, 7) is 4.28. The number of amides is 1. The first kappa shape index (κ1) is 19.0. The maximum Gasteiger partial charge on any atom is 0.226 e. The molecule has 0 aliphatic heterocycles. The Morgan fingerprint density at radius 3 is 2.89 bits per heavy atom. The van der Waals surface area contributed by atoms with Crippen LogP contribution in [0.1, 0.15) is 24.3 Å². The fourth-order valence-corrected chi connectivity index (χ4v) is 3.30. The lowest BCUT2D eigenvalue weighted by Gasteiger charge is -2.21. The van der Waals surface area contributed by atoms with Crippen molar-refractivity contribution in [2.24, 2.45) is 0 Å². The van der Waals surface area contributed by atoms with E-state index in [1.54, 1.807) is 40.5 Å². The molecule has 0 saturated heterocycles. The molecule has 0 atom stereocenters. The van der Waals surface area contributed by atoms with Gasteiger partial charge in [-0.3, -0.25) is 4.79 Å². The highest BCUT2D eigenvalue weighted by molar-refractivity contribution is 7.13. The number of halogens is 1. The zero-order valence-electron chi connectivity index (χ0n) is 14.8. The van der Waals surface area contributed by atoms with Crippen LogP contribution in [0.25, 0.3) is 10.7 Å². The van der Waals surface area contributed by atoms with Crippen molar-refractivity contribution in [3.8, 4) is 10.7 Å². The Kier molecular flexibility index (Phi) is 6.49. The maximum atomic E-state index is 13.9. The molecule has 1 aromatic carbocycles.